The van der Waals surface area contributed by atoms with Crippen molar-refractivity contribution in [2.45, 2.75) is 13.1 Å². The number of benzene rings is 2. The molecule has 0 radical (unpaired) electrons. The zero-order valence-corrected chi connectivity index (χ0v) is 10.3. The first kappa shape index (κ1) is 13.2. The van der Waals surface area contributed by atoms with Crippen molar-refractivity contribution >= 4 is 5.69 Å². The quantitative estimate of drug-likeness (QED) is 0.661. The minimum absolute atomic E-state index is 0.0330. The van der Waals surface area contributed by atoms with Crippen molar-refractivity contribution in [2.75, 3.05) is 0 Å². The Morgan fingerprint density at radius 2 is 1.63 bits per heavy atom. The predicted octanol–water partition coefficient (Wildman–Crippen LogP) is 2.99. The molecule has 2 aromatic rings. The van der Waals surface area contributed by atoms with E-state index < -0.39 is 4.92 Å². The fourth-order valence-electron chi connectivity index (χ4n) is 1.83. The Hall–Kier alpha value is -2.24. The van der Waals surface area contributed by atoms with Crippen LogP contribution >= 0.6 is 0 Å². The summed E-state index contributed by atoms with van der Waals surface area (Å²) in [7, 11) is 0. The van der Waals surface area contributed by atoms with Crippen LogP contribution < -0.4 is 0 Å². The zero-order valence-electron chi connectivity index (χ0n) is 10.3. The van der Waals surface area contributed by atoms with E-state index in [9.17, 15) is 15.3 Å². The molecular formula is C14H14N2O3. The van der Waals surface area contributed by atoms with Crippen molar-refractivity contribution in [3.8, 4) is 0 Å². The van der Waals surface area contributed by atoms with Gasteiger partial charge in [0.25, 0.3) is 5.69 Å². The summed E-state index contributed by atoms with van der Waals surface area (Å²) in [5, 5.41) is 21.6. The number of hydrogen-bond acceptors (Lipinski definition) is 4. The van der Waals surface area contributed by atoms with E-state index in [0.717, 1.165) is 10.6 Å². The lowest BCUT2D eigenvalue weighted by Gasteiger charge is -2.14. The second-order valence-electron chi connectivity index (χ2n) is 4.24. The van der Waals surface area contributed by atoms with Gasteiger partial charge in [0.2, 0.25) is 0 Å². The lowest BCUT2D eigenvalue weighted by Crippen LogP contribution is -2.18. The van der Waals surface area contributed by atoms with Crippen molar-refractivity contribution in [1.29, 1.82) is 0 Å². The van der Waals surface area contributed by atoms with Gasteiger partial charge in [0.1, 0.15) is 0 Å². The van der Waals surface area contributed by atoms with Gasteiger partial charge in [-0.05, 0) is 11.1 Å². The average Bonchev–Trinajstić information content (AvgIpc) is 2.40. The Labute approximate surface area is 110 Å². The summed E-state index contributed by atoms with van der Waals surface area (Å²) in [4.78, 5) is 10.2. The molecule has 2 rings (SSSR count). The lowest BCUT2D eigenvalue weighted by atomic mass is 10.2. The first-order chi connectivity index (χ1) is 9.15. The van der Waals surface area contributed by atoms with Crippen LogP contribution in [-0.2, 0) is 13.1 Å². The Bertz CT molecular complexity index is 558. The minimum Gasteiger partial charge on any atom is -0.313 e. The van der Waals surface area contributed by atoms with E-state index >= 15 is 0 Å². The molecule has 0 saturated heterocycles. The molecule has 2 aromatic carbocycles. The van der Waals surface area contributed by atoms with Crippen LogP contribution in [0, 0.1) is 10.1 Å². The summed E-state index contributed by atoms with van der Waals surface area (Å²) < 4.78 is 0. The maximum absolute atomic E-state index is 10.7. The third-order valence-corrected chi connectivity index (χ3v) is 2.69. The van der Waals surface area contributed by atoms with Crippen molar-refractivity contribution in [1.82, 2.24) is 5.06 Å². The molecule has 0 heterocycles. The fourth-order valence-corrected chi connectivity index (χ4v) is 1.83. The van der Waals surface area contributed by atoms with Gasteiger partial charge in [0, 0.05) is 25.2 Å². The summed E-state index contributed by atoms with van der Waals surface area (Å²) in [5.74, 6) is 0. The average molecular weight is 258 g/mol. The SMILES string of the molecule is O=[N+]([O-])c1cccc(CN(O)Cc2ccccc2)c1. The maximum Gasteiger partial charge on any atom is 0.269 e. The summed E-state index contributed by atoms with van der Waals surface area (Å²) in [6, 6.07) is 15.8. The van der Waals surface area contributed by atoms with Crippen LogP contribution in [0.1, 0.15) is 11.1 Å². The number of nitro groups is 1. The van der Waals surface area contributed by atoms with Crippen LogP contribution in [0.4, 0.5) is 5.69 Å². The normalized spacial score (nSPS) is 10.6. The van der Waals surface area contributed by atoms with Crippen LogP contribution in [-0.4, -0.2) is 15.2 Å². The third-order valence-electron chi connectivity index (χ3n) is 2.69. The number of rotatable bonds is 5. The highest BCUT2D eigenvalue weighted by Crippen LogP contribution is 2.15. The van der Waals surface area contributed by atoms with Crippen LogP contribution in [0.25, 0.3) is 0 Å². The van der Waals surface area contributed by atoms with Gasteiger partial charge in [0.05, 0.1) is 4.92 Å². The Kier molecular flexibility index (Phi) is 4.22. The van der Waals surface area contributed by atoms with E-state index in [-0.39, 0.29) is 12.2 Å². The van der Waals surface area contributed by atoms with E-state index in [4.69, 9.17) is 0 Å². The van der Waals surface area contributed by atoms with Gasteiger partial charge < -0.3 is 5.21 Å². The Balaban J connectivity index is 2.01. The van der Waals surface area contributed by atoms with Crippen LogP contribution in [0.3, 0.4) is 0 Å². The molecule has 0 aliphatic rings. The van der Waals surface area contributed by atoms with Crippen LogP contribution in [0.5, 0.6) is 0 Å². The number of hydrogen-bond donors (Lipinski definition) is 1. The molecular weight excluding hydrogens is 244 g/mol. The molecule has 0 aliphatic carbocycles. The molecule has 1 N–H and O–H groups in total. The van der Waals surface area contributed by atoms with Gasteiger partial charge in [-0.1, -0.05) is 42.5 Å². The summed E-state index contributed by atoms with van der Waals surface area (Å²) in [5.41, 5.74) is 1.72. The van der Waals surface area contributed by atoms with Crippen molar-refractivity contribution in [3.63, 3.8) is 0 Å². The first-order valence-corrected chi connectivity index (χ1v) is 5.86. The maximum atomic E-state index is 10.7. The summed E-state index contributed by atoms with van der Waals surface area (Å²) in [6.07, 6.45) is 0. The molecule has 19 heavy (non-hydrogen) atoms. The van der Waals surface area contributed by atoms with E-state index in [0.29, 0.717) is 12.1 Å². The smallest absolute Gasteiger partial charge is 0.269 e. The molecule has 0 spiro atoms. The van der Waals surface area contributed by atoms with Crippen LogP contribution in [0.15, 0.2) is 54.6 Å². The molecule has 0 aromatic heterocycles. The Morgan fingerprint density at radius 3 is 2.32 bits per heavy atom. The van der Waals surface area contributed by atoms with E-state index in [2.05, 4.69) is 0 Å². The van der Waals surface area contributed by atoms with Gasteiger partial charge in [-0.2, -0.15) is 5.06 Å². The van der Waals surface area contributed by atoms with Crippen molar-refractivity contribution in [2.24, 2.45) is 0 Å². The standard InChI is InChI=1S/C14H14N2O3/c17-15(10-12-5-2-1-3-6-12)11-13-7-4-8-14(9-13)16(18)19/h1-9,17H,10-11H2. The number of nitro benzene ring substituents is 1. The molecule has 0 aliphatic heterocycles. The zero-order chi connectivity index (χ0) is 13.7. The van der Waals surface area contributed by atoms with Gasteiger partial charge in [-0.15, -0.1) is 0 Å². The lowest BCUT2D eigenvalue weighted by molar-refractivity contribution is -0.384. The molecule has 5 heteroatoms. The van der Waals surface area contributed by atoms with E-state index in [1.165, 1.54) is 12.1 Å². The van der Waals surface area contributed by atoms with Crippen LogP contribution in [0.2, 0.25) is 0 Å². The largest absolute Gasteiger partial charge is 0.313 e. The van der Waals surface area contributed by atoms with Gasteiger partial charge in [0.15, 0.2) is 0 Å². The monoisotopic (exact) mass is 258 g/mol. The Morgan fingerprint density at radius 1 is 1.00 bits per heavy atom. The number of nitrogens with zero attached hydrogens (tertiary/aromatic N) is 2. The fraction of sp³-hybridized carbons (Fsp3) is 0.143. The highest BCUT2D eigenvalue weighted by Gasteiger charge is 2.08. The molecule has 0 fully saturated rings. The second kappa shape index (κ2) is 6.08. The molecule has 0 saturated carbocycles. The predicted molar refractivity (Wildman–Crippen MR) is 70.6 cm³/mol. The first-order valence-electron chi connectivity index (χ1n) is 5.86. The highest BCUT2D eigenvalue weighted by molar-refractivity contribution is 5.34. The highest BCUT2D eigenvalue weighted by atomic mass is 16.6. The molecule has 98 valence electrons. The van der Waals surface area contributed by atoms with E-state index in [1.807, 2.05) is 30.3 Å². The van der Waals surface area contributed by atoms with Crippen molar-refractivity contribution in [3.05, 3.63) is 75.8 Å². The molecule has 0 bridgehead atoms. The number of hydroxylamine groups is 2. The molecule has 0 unspecified atom stereocenters. The minimum atomic E-state index is -0.442. The molecule has 0 atom stereocenters. The van der Waals surface area contributed by atoms with E-state index in [1.54, 1.807) is 12.1 Å². The number of non-ortho nitro benzene ring substituents is 1. The second-order valence-corrected chi connectivity index (χ2v) is 4.24. The van der Waals surface area contributed by atoms with Crippen molar-refractivity contribution < 1.29 is 10.1 Å². The summed E-state index contributed by atoms with van der Waals surface area (Å²) in [6.45, 7) is 0.625. The third kappa shape index (κ3) is 3.87. The van der Waals surface area contributed by atoms with Gasteiger partial charge in [-0.25, -0.2) is 0 Å². The topological polar surface area (TPSA) is 66.6 Å². The summed E-state index contributed by atoms with van der Waals surface area (Å²) >= 11 is 0. The van der Waals surface area contributed by atoms with Gasteiger partial charge in [-0.3, -0.25) is 10.1 Å². The molecule has 0 amide bonds. The van der Waals surface area contributed by atoms with Gasteiger partial charge >= 0.3 is 0 Å². The molecule has 5 nitrogen and oxygen atoms in total.